The van der Waals surface area contributed by atoms with E-state index in [1.165, 1.54) is 24.3 Å². The van der Waals surface area contributed by atoms with Crippen molar-refractivity contribution in [1.82, 2.24) is 5.32 Å². The van der Waals surface area contributed by atoms with Gasteiger partial charge in [-0.25, -0.2) is 0 Å². The van der Waals surface area contributed by atoms with Crippen LogP contribution in [0.1, 0.15) is 11.1 Å². The van der Waals surface area contributed by atoms with Crippen LogP contribution in [0.2, 0.25) is 0 Å². The molecule has 0 atom stereocenters. The maximum atomic E-state index is 12.2. The average Bonchev–Trinajstić information content (AvgIpc) is 2.64. The molecule has 126 valence electrons. The lowest BCUT2D eigenvalue weighted by Gasteiger charge is -2.06. The highest BCUT2D eigenvalue weighted by molar-refractivity contribution is 6.02. The standard InChI is InChI=1S/C18H15N3O4/c1-25-16-8-6-13(7-9-16)12-20-18(22)15(11-19)10-14-4-2-3-5-17(14)21(23)24/h2-10H,12H2,1H3,(H,20,22)/b15-10-. The number of methoxy groups -OCH3 is 1. The van der Waals surface area contributed by atoms with Crippen LogP contribution in [0, 0.1) is 21.4 Å². The Morgan fingerprint density at radius 1 is 1.28 bits per heavy atom. The SMILES string of the molecule is COc1ccc(CNC(=O)/C(C#N)=C\c2ccccc2[N+](=O)[O-])cc1. The first-order valence-corrected chi connectivity index (χ1v) is 7.31. The van der Waals surface area contributed by atoms with Crippen molar-refractivity contribution in [3.05, 3.63) is 75.3 Å². The van der Waals surface area contributed by atoms with Gasteiger partial charge in [0.2, 0.25) is 0 Å². The molecule has 0 aromatic heterocycles. The molecule has 0 aliphatic heterocycles. The molecule has 7 heteroatoms. The first-order valence-electron chi connectivity index (χ1n) is 7.31. The van der Waals surface area contributed by atoms with E-state index in [9.17, 15) is 20.2 Å². The van der Waals surface area contributed by atoms with E-state index in [-0.39, 0.29) is 23.4 Å². The van der Waals surface area contributed by atoms with Crippen molar-refractivity contribution in [3.8, 4) is 11.8 Å². The molecule has 0 bridgehead atoms. The number of hydrogen-bond donors (Lipinski definition) is 1. The summed E-state index contributed by atoms with van der Waals surface area (Å²) >= 11 is 0. The predicted octanol–water partition coefficient (Wildman–Crippen LogP) is 2.83. The summed E-state index contributed by atoms with van der Waals surface area (Å²) in [6.45, 7) is 0.221. The second-order valence-corrected chi connectivity index (χ2v) is 5.02. The number of para-hydroxylation sites is 1. The lowest BCUT2D eigenvalue weighted by molar-refractivity contribution is -0.385. The molecule has 1 N–H and O–H groups in total. The van der Waals surface area contributed by atoms with Gasteiger partial charge in [0, 0.05) is 12.6 Å². The third-order valence-corrected chi connectivity index (χ3v) is 3.41. The zero-order chi connectivity index (χ0) is 18.2. The van der Waals surface area contributed by atoms with Gasteiger partial charge in [-0.05, 0) is 29.8 Å². The van der Waals surface area contributed by atoms with Crippen molar-refractivity contribution in [1.29, 1.82) is 5.26 Å². The average molecular weight is 337 g/mol. The molecular weight excluding hydrogens is 322 g/mol. The minimum Gasteiger partial charge on any atom is -0.497 e. The van der Waals surface area contributed by atoms with Gasteiger partial charge in [-0.1, -0.05) is 24.3 Å². The Kier molecular flexibility index (Phi) is 5.85. The molecule has 7 nitrogen and oxygen atoms in total. The van der Waals surface area contributed by atoms with Gasteiger partial charge in [0.05, 0.1) is 17.6 Å². The molecular formula is C18H15N3O4. The normalized spacial score (nSPS) is 10.6. The molecule has 2 aromatic rings. The summed E-state index contributed by atoms with van der Waals surface area (Å²) in [5.41, 5.74) is 0.654. The van der Waals surface area contributed by atoms with E-state index in [0.29, 0.717) is 5.75 Å². The number of hydrogen-bond acceptors (Lipinski definition) is 5. The lowest BCUT2D eigenvalue weighted by Crippen LogP contribution is -2.23. The Balaban J connectivity index is 2.13. The second kappa shape index (κ2) is 8.26. The molecule has 0 aliphatic carbocycles. The number of benzene rings is 2. The van der Waals surface area contributed by atoms with Crippen LogP contribution < -0.4 is 10.1 Å². The lowest BCUT2D eigenvalue weighted by atomic mass is 10.1. The first kappa shape index (κ1) is 17.7. The number of carbonyl (C=O) groups is 1. The molecule has 0 unspecified atom stereocenters. The summed E-state index contributed by atoms with van der Waals surface area (Å²) in [5, 5.41) is 22.8. The van der Waals surface area contributed by atoms with E-state index in [1.54, 1.807) is 43.5 Å². The molecule has 2 aromatic carbocycles. The highest BCUT2D eigenvalue weighted by Crippen LogP contribution is 2.20. The maximum Gasteiger partial charge on any atom is 0.276 e. The number of amides is 1. The molecule has 0 fully saturated rings. The number of carbonyl (C=O) groups excluding carboxylic acids is 1. The Labute approximate surface area is 144 Å². The third kappa shape index (κ3) is 4.65. The molecule has 0 aliphatic rings. The molecule has 0 saturated carbocycles. The first-order chi connectivity index (χ1) is 12.0. The Morgan fingerprint density at radius 3 is 2.56 bits per heavy atom. The van der Waals surface area contributed by atoms with Crippen LogP contribution in [0.15, 0.2) is 54.1 Å². The molecule has 0 spiro atoms. The van der Waals surface area contributed by atoms with Crippen molar-refractivity contribution >= 4 is 17.7 Å². The summed E-state index contributed by atoms with van der Waals surface area (Å²) < 4.78 is 5.05. The minimum atomic E-state index is -0.600. The summed E-state index contributed by atoms with van der Waals surface area (Å²) in [6, 6.07) is 14.8. The Bertz CT molecular complexity index is 851. The van der Waals surface area contributed by atoms with Crippen molar-refractivity contribution in [3.63, 3.8) is 0 Å². The molecule has 1 amide bonds. The summed E-state index contributed by atoms with van der Waals surface area (Å²) in [4.78, 5) is 22.6. The zero-order valence-electron chi connectivity index (χ0n) is 13.4. The van der Waals surface area contributed by atoms with Gasteiger partial charge >= 0.3 is 0 Å². The fourth-order valence-electron chi connectivity index (χ4n) is 2.10. The summed E-state index contributed by atoms with van der Waals surface area (Å²) in [7, 11) is 1.56. The van der Waals surface area contributed by atoms with Crippen LogP contribution in [0.25, 0.3) is 6.08 Å². The summed E-state index contributed by atoms with van der Waals surface area (Å²) in [5.74, 6) is 0.0977. The van der Waals surface area contributed by atoms with Crippen LogP contribution in [-0.2, 0) is 11.3 Å². The van der Waals surface area contributed by atoms with Crippen LogP contribution in [0.3, 0.4) is 0 Å². The minimum absolute atomic E-state index is 0.168. The predicted molar refractivity (Wildman–Crippen MR) is 91.5 cm³/mol. The van der Waals surface area contributed by atoms with E-state index in [4.69, 9.17) is 4.74 Å². The molecule has 25 heavy (non-hydrogen) atoms. The van der Waals surface area contributed by atoms with Gasteiger partial charge in [-0.3, -0.25) is 14.9 Å². The molecule has 0 saturated heterocycles. The van der Waals surface area contributed by atoms with Crippen molar-refractivity contribution < 1.29 is 14.5 Å². The van der Waals surface area contributed by atoms with Crippen molar-refractivity contribution in [2.24, 2.45) is 0 Å². The van der Waals surface area contributed by atoms with E-state index in [0.717, 1.165) is 5.56 Å². The van der Waals surface area contributed by atoms with E-state index in [1.807, 2.05) is 0 Å². The number of nitro groups is 1. The van der Waals surface area contributed by atoms with Gasteiger partial charge in [0.1, 0.15) is 17.4 Å². The van der Waals surface area contributed by atoms with E-state index < -0.39 is 10.8 Å². The monoisotopic (exact) mass is 337 g/mol. The van der Waals surface area contributed by atoms with Crippen molar-refractivity contribution in [2.75, 3.05) is 7.11 Å². The van der Waals surface area contributed by atoms with Crippen LogP contribution in [0.5, 0.6) is 5.75 Å². The second-order valence-electron chi connectivity index (χ2n) is 5.02. The van der Waals surface area contributed by atoms with Gasteiger partial charge in [0.15, 0.2) is 0 Å². The van der Waals surface area contributed by atoms with Gasteiger partial charge in [-0.15, -0.1) is 0 Å². The van der Waals surface area contributed by atoms with Gasteiger partial charge in [0.25, 0.3) is 11.6 Å². The zero-order valence-corrected chi connectivity index (χ0v) is 13.4. The largest absolute Gasteiger partial charge is 0.497 e. The molecule has 0 heterocycles. The van der Waals surface area contributed by atoms with Gasteiger partial charge < -0.3 is 10.1 Å². The fourth-order valence-corrected chi connectivity index (χ4v) is 2.10. The number of nitriles is 1. The number of nitro benzene ring substituents is 1. The van der Waals surface area contributed by atoms with E-state index >= 15 is 0 Å². The third-order valence-electron chi connectivity index (χ3n) is 3.41. The quantitative estimate of drug-likeness (QED) is 0.378. The highest BCUT2D eigenvalue weighted by Gasteiger charge is 2.14. The number of nitrogens with one attached hydrogen (secondary N) is 1. The smallest absolute Gasteiger partial charge is 0.276 e. The Hall–Kier alpha value is -3.66. The molecule has 2 rings (SSSR count). The number of nitrogens with zero attached hydrogens (tertiary/aromatic N) is 2. The van der Waals surface area contributed by atoms with Crippen LogP contribution in [0.4, 0.5) is 5.69 Å². The highest BCUT2D eigenvalue weighted by atomic mass is 16.6. The topological polar surface area (TPSA) is 105 Å². The number of rotatable bonds is 6. The van der Waals surface area contributed by atoms with Crippen LogP contribution in [-0.4, -0.2) is 17.9 Å². The fraction of sp³-hybridized carbons (Fsp3) is 0.111. The molecule has 0 radical (unpaired) electrons. The van der Waals surface area contributed by atoms with Crippen LogP contribution >= 0.6 is 0 Å². The Morgan fingerprint density at radius 2 is 1.96 bits per heavy atom. The van der Waals surface area contributed by atoms with E-state index in [2.05, 4.69) is 5.32 Å². The number of ether oxygens (including phenoxy) is 1. The maximum absolute atomic E-state index is 12.2. The van der Waals surface area contributed by atoms with Gasteiger partial charge in [-0.2, -0.15) is 5.26 Å². The summed E-state index contributed by atoms with van der Waals surface area (Å²) in [6.07, 6.45) is 1.21. The van der Waals surface area contributed by atoms with Crippen molar-refractivity contribution in [2.45, 2.75) is 6.54 Å².